The Morgan fingerprint density at radius 1 is 0.864 bits per heavy atom. The van der Waals surface area contributed by atoms with Crippen LogP contribution in [0.4, 0.5) is 0 Å². The van der Waals surface area contributed by atoms with Crippen LogP contribution < -0.4 is 62.0 Å². The molecule has 0 atom stereocenters. The number of halogens is 5. The first-order valence-corrected chi connectivity index (χ1v) is 10.8. The summed E-state index contributed by atoms with van der Waals surface area (Å²) in [5, 5.41) is 0. The molecule has 4 radical (unpaired) electrons. The van der Waals surface area contributed by atoms with Crippen molar-refractivity contribution >= 4 is 102 Å². The summed E-state index contributed by atoms with van der Waals surface area (Å²) in [7, 11) is 0. The summed E-state index contributed by atoms with van der Waals surface area (Å²) in [4.78, 5) is 2.74. The predicted molar refractivity (Wildman–Crippen MR) is 73.7 cm³/mol. The van der Waals surface area contributed by atoms with E-state index in [1.54, 1.807) is 45.1 Å². The van der Waals surface area contributed by atoms with Gasteiger partial charge >= 0.3 is 175 Å². The molecule has 22 heavy (non-hydrogen) atoms. The van der Waals surface area contributed by atoms with Crippen LogP contribution in [0, 0.1) is 6.20 Å². The van der Waals surface area contributed by atoms with E-state index in [0.717, 1.165) is 49.4 Å². The molecular formula is C10H10Bi2Cl5NSb2Zr2. The van der Waals surface area contributed by atoms with Gasteiger partial charge in [-0.25, -0.2) is 0 Å². The minimum atomic E-state index is 0. The minimum absolute atomic E-state index is 0. The fourth-order valence-corrected chi connectivity index (χ4v) is 4.63. The summed E-state index contributed by atoms with van der Waals surface area (Å²) in [5.74, 6) is 0. The van der Waals surface area contributed by atoms with Gasteiger partial charge in [-0.3, -0.25) is 0 Å². The van der Waals surface area contributed by atoms with E-state index < -0.39 is 0 Å². The van der Waals surface area contributed by atoms with Gasteiger partial charge in [0, 0.05) is 0 Å². The van der Waals surface area contributed by atoms with E-state index in [1.807, 2.05) is 30.5 Å². The van der Waals surface area contributed by atoms with E-state index in [1.165, 1.54) is 0 Å². The summed E-state index contributed by atoms with van der Waals surface area (Å²) < 4.78 is 10.0. The molecule has 1 nitrogen and oxygen atoms in total. The first-order valence-electron chi connectivity index (χ1n) is 3.76. The summed E-state index contributed by atoms with van der Waals surface area (Å²) in [5.41, 5.74) is 0. The second-order valence-corrected chi connectivity index (χ2v) is 5.80. The van der Waals surface area contributed by atoms with Gasteiger partial charge in [0.05, 0.1) is 0 Å². The Bertz CT molecular complexity index is 262. The molecule has 0 fully saturated rings. The van der Waals surface area contributed by atoms with Crippen molar-refractivity contribution < 1.29 is 114 Å². The van der Waals surface area contributed by atoms with Crippen molar-refractivity contribution in [1.29, 1.82) is 0 Å². The van der Waals surface area contributed by atoms with E-state index in [0.29, 0.717) is 0 Å². The molecule has 1 N–H and O–H groups in total. The third-order valence-corrected chi connectivity index (χ3v) is 2.90. The Balaban J connectivity index is -0.0000000142. The van der Waals surface area contributed by atoms with Crippen molar-refractivity contribution in [1.82, 2.24) is 4.98 Å². The normalized spacial score (nSPS) is 5.91. The molecule has 1 aromatic rings. The summed E-state index contributed by atoms with van der Waals surface area (Å²) in [6, 6.07) is 3.71. The molecule has 1 aromatic heterocycles. The average molecular weight is 1170 g/mol. The molecule has 0 aliphatic rings. The standard InChI is InChI=1S/C4H4N.2C3H2.2Bi.5ClH.2Sb.2Zr.2H/c1-2-4-5-3-1;2*1-3-2;;;;;;;;;;;;;/h1-3,5H;2*1,3H;;;5*1H;;;;;;/q3*-1;;;;;;;;;;2*+4;;/p-5. The maximum Gasteiger partial charge on any atom is 4.00 e. The second kappa shape index (κ2) is 63.4. The van der Waals surface area contributed by atoms with Gasteiger partial charge in [0.2, 0.25) is 0 Å². The van der Waals surface area contributed by atoms with E-state index in [9.17, 15) is 0 Å². The Morgan fingerprint density at radius 2 is 1.23 bits per heavy atom. The van der Waals surface area contributed by atoms with Crippen LogP contribution in [-0.4, -0.2) is 107 Å². The molecule has 0 aliphatic carbocycles. The van der Waals surface area contributed by atoms with Crippen LogP contribution in [0.25, 0.3) is 0 Å². The van der Waals surface area contributed by atoms with Crippen LogP contribution in [0.1, 0.15) is 0 Å². The van der Waals surface area contributed by atoms with Gasteiger partial charge in [-0.15, -0.1) is 6.20 Å². The van der Waals surface area contributed by atoms with Crippen LogP contribution in [0.5, 0.6) is 0 Å². The third kappa shape index (κ3) is 73.3. The van der Waals surface area contributed by atoms with Gasteiger partial charge in [0.1, 0.15) is 0 Å². The quantitative estimate of drug-likeness (QED) is 0.224. The Hall–Kier alpha value is 5.12. The maximum absolute atomic E-state index is 2.92. The Morgan fingerprint density at radius 3 is 1.27 bits per heavy atom. The summed E-state index contributed by atoms with van der Waals surface area (Å²) in [6.07, 6.45) is 8.47. The topological polar surface area (TPSA) is 15.8 Å². The Kier molecular flexibility index (Phi) is 162. The van der Waals surface area contributed by atoms with Crippen molar-refractivity contribution in [3.8, 4) is 0 Å². The monoisotopic (exact) mass is 1160 g/mol. The van der Waals surface area contributed by atoms with Crippen molar-refractivity contribution in [2.24, 2.45) is 0 Å². The first-order chi connectivity index (χ1) is 7.33. The van der Waals surface area contributed by atoms with Crippen molar-refractivity contribution in [3.63, 3.8) is 0 Å². The van der Waals surface area contributed by atoms with Gasteiger partial charge in [0.25, 0.3) is 0 Å². The molecule has 0 saturated carbocycles. The van der Waals surface area contributed by atoms with Crippen molar-refractivity contribution in [3.05, 3.63) is 44.2 Å². The number of hydrogen-bond donors (Lipinski definition) is 1. The van der Waals surface area contributed by atoms with E-state index >= 15 is 0 Å². The van der Waals surface area contributed by atoms with Crippen LogP contribution in [0.3, 0.4) is 0 Å². The van der Waals surface area contributed by atoms with Gasteiger partial charge in [-0.1, -0.05) is 0 Å². The van der Waals surface area contributed by atoms with E-state index in [-0.39, 0.29) is 114 Å². The molecular weight excluding hydrogens is 1160 g/mol. The van der Waals surface area contributed by atoms with Crippen LogP contribution >= 0.6 is 0 Å². The predicted octanol–water partition coefficient (Wildman–Crippen LogP) is -15.7. The SMILES string of the molecule is [Cl-].[Cl-].[Cl-].[Cl-].[Cl-].[Sb]=[C-]C=[CH][BiH].[Sb]=[C-]C=[CH][BiH].[Zr+4].[Zr+4].[c-]1ccc[nH]1. The van der Waals surface area contributed by atoms with E-state index in [4.69, 9.17) is 0 Å². The van der Waals surface area contributed by atoms with Crippen molar-refractivity contribution in [2.45, 2.75) is 0 Å². The number of H-pyrrole nitrogens is 1. The Labute approximate surface area is 260 Å². The van der Waals surface area contributed by atoms with Crippen LogP contribution in [0.15, 0.2) is 38.0 Å². The zero-order valence-electron chi connectivity index (χ0n) is 10.8. The van der Waals surface area contributed by atoms with Crippen LogP contribution in [0.2, 0.25) is 0 Å². The number of allylic oxidation sites excluding steroid dienone is 2. The number of nitrogens with one attached hydrogen (secondary N) is 1. The van der Waals surface area contributed by atoms with E-state index in [2.05, 4.69) is 26.7 Å². The molecule has 0 saturated heterocycles. The fraction of sp³-hybridized carbons (Fsp3) is 0. The molecule has 1 heterocycles. The molecule has 12 heteroatoms. The first kappa shape index (κ1) is 56.4. The molecule has 0 amide bonds. The molecule has 0 spiro atoms. The summed E-state index contributed by atoms with van der Waals surface area (Å²) >= 11 is 5.54. The zero-order chi connectivity index (χ0) is 11.8. The number of rotatable bonds is 2. The molecule has 0 unspecified atom stereocenters. The number of aromatic nitrogens is 1. The van der Waals surface area contributed by atoms with Gasteiger partial charge < -0.3 is 67.0 Å². The average Bonchev–Trinajstić information content (AvgIpc) is 2.79. The smallest absolute Gasteiger partial charge is 0.484 e. The molecule has 0 bridgehead atoms. The molecule has 118 valence electrons. The van der Waals surface area contributed by atoms with Crippen LogP contribution in [-0.2, 0) is 52.4 Å². The van der Waals surface area contributed by atoms with Crippen molar-refractivity contribution in [2.75, 3.05) is 0 Å². The summed E-state index contributed by atoms with van der Waals surface area (Å²) in [6.45, 7) is 0. The van der Waals surface area contributed by atoms with Gasteiger partial charge in [0.15, 0.2) is 0 Å². The second-order valence-electron chi connectivity index (χ2n) is 1.74. The fourth-order valence-electron chi connectivity index (χ4n) is 0.315. The molecule has 0 aromatic carbocycles. The minimum Gasteiger partial charge on any atom is -0.484 e. The molecule has 0 aliphatic heterocycles. The van der Waals surface area contributed by atoms with Gasteiger partial charge in [-0.05, 0) is 0 Å². The largest absolute Gasteiger partial charge is 4.00 e. The van der Waals surface area contributed by atoms with Gasteiger partial charge in [-0.2, -0.15) is 18.3 Å². The number of aromatic amines is 1. The maximum atomic E-state index is 2.92. The third-order valence-electron chi connectivity index (χ3n) is 0.758. The molecule has 1 rings (SSSR count). The zero-order valence-corrected chi connectivity index (χ0v) is 32.4. The number of hydrogen-bond acceptors (Lipinski definition) is 0.